The predicted octanol–water partition coefficient (Wildman–Crippen LogP) is 5.34. The Balaban J connectivity index is 2.29. The summed E-state index contributed by atoms with van der Waals surface area (Å²) in [5.41, 5.74) is 0. The molecule has 0 aromatic rings. The summed E-state index contributed by atoms with van der Waals surface area (Å²) >= 11 is 0. The summed E-state index contributed by atoms with van der Waals surface area (Å²) in [6, 6.07) is 0. The first-order chi connectivity index (χ1) is 14.6. The average Bonchev–Trinajstić information content (AvgIpc) is 2.75. The van der Waals surface area contributed by atoms with Gasteiger partial charge in [-0.05, 0) is 18.8 Å². The summed E-state index contributed by atoms with van der Waals surface area (Å²) in [6.07, 6.45) is 16.4. The Hall–Kier alpha value is -0.200. The van der Waals surface area contributed by atoms with Crippen molar-refractivity contribution in [1.82, 2.24) is 0 Å². The van der Waals surface area contributed by atoms with Crippen molar-refractivity contribution in [2.24, 2.45) is 5.92 Å². The molecule has 0 aromatic carbocycles. The number of hydrogen-bond acceptors (Lipinski definition) is 5. The molecule has 0 bridgehead atoms. The van der Waals surface area contributed by atoms with E-state index < -0.39 is 24.6 Å². The molecule has 1 saturated heterocycles. The second-order valence-electron chi connectivity index (χ2n) is 9.27. The van der Waals surface area contributed by atoms with Gasteiger partial charge in [0.05, 0.1) is 13.2 Å². The van der Waals surface area contributed by atoms with Crippen molar-refractivity contribution >= 4 is 0 Å². The lowest BCUT2D eigenvalue weighted by molar-refractivity contribution is -0.272. The SMILES string of the molecule is CCCCCCCCCCC(CCCCCCCC)COC1OC[C@H](O)[C@H](O)[C@H]1O. The summed E-state index contributed by atoms with van der Waals surface area (Å²) in [5, 5.41) is 29.5. The highest BCUT2D eigenvalue weighted by Crippen LogP contribution is 2.23. The fourth-order valence-corrected chi connectivity index (χ4v) is 4.25. The van der Waals surface area contributed by atoms with E-state index in [1.165, 1.54) is 89.9 Å². The van der Waals surface area contributed by atoms with Gasteiger partial charge in [0.1, 0.15) is 18.3 Å². The first kappa shape index (κ1) is 27.8. The highest BCUT2D eigenvalue weighted by Gasteiger charge is 2.38. The lowest BCUT2D eigenvalue weighted by atomic mass is 9.94. The van der Waals surface area contributed by atoms with Crippen LogP contribution < -0.4 is 0 Å². The van der Waals surface area contributed by atoms with Gasteiger partial charge >= 0.3 is 0 Å². The first-order valence-corrected chi connectivity index (χ1v) is 12.9. The van der Waals surface area contributed by atoms with Crippen LogP contribution >= 0.6 is 0 Å². The molecule has 0 saturated carbocycles. The van der Waals surface area contributed by atoms with Gasteiger partial charge in [0.2, 0.25) is 0 Å². The molecule has 5 nitrogen and oxygen atoms in total. The summed E-state index contributed by atoms with van der Waals surface area (Å²) in [4.78, 5) is 0. The first-order valence-electron chi connectivity index (χ1n) is 12.9. The van der Waals surface area contributed by atoms with E-state index in [4.69, 9.17) is 9.47 Å². The van der Waals surface area contributed by atoms with E-state index in [0.717, 1.165) is 12.8 Å². The summed E-state index contributed by atoms with van der Waals surface area (Å²) in [5.74, 6) is 0.469. The number of unbranched alkanes of at least 4 members (excludes halogenated alkanes) is 12. The van der Waals surface area contributed by atoms with Crippen molar-refractivity contribution in [2.75, 3.05) is 13.2 Å². The minimum absolute atomic E-state index is 0.00300. The molecule has 3 N–H and O–H groups in total. The predicted molar refractivity (Wildman–Crippen MR) is 122 cm³/mol. The second kappa shape index (κ2) is 18.4. The Kier molecular flexibility index (Phi) is 17.1. The molecular weight excluding hydrogens is 380 g/mol. The Bertz CT molecular complexity index is 379. The molecule has 2 unspecified atom stereocenters. The number of ether oxygens (including phenoxy) is 2. The zero-order chi connectivity index (χ0) is 22.0. The molecule has 1 rings (SSSR count). The van der Waals surface area contributed by atoms with Gasteiger partial charge in [-0.15, -0.1) is 0 Å². The van der Waals surface area contributed by atoms with Crippen LogP contribution in [-0.2, 0) is 9.47 Å². The average molecular weight is 431 g/mol. The summed E-state index contributed by atoms with van der Waals surface area (Å²) in [6.45, 7) is 5.06. The van der Waals surface area contributed by atoms with Crippen molar-refractivity contribution in [3.63, 3.8) is 0 Å². The van der Waals surface area contributed by atoms with E-state index in [0.29, 0.717) is 12.5 Å². The van der Waals surface area contributed by atoms with Gasteiger partial charge in [0.25, 0.3) is 0 Å². The fourth-order valence-electron chi connectivity index (χ4n) is 4.25. The van der Waals surface area contributed by atoms with Crippen LogP contribution in [0.2, 0.25) is 0 Å². The molecule has 0 radical (unpaired) electrons. The molecule has 1 aliphatic heterocycles. The third-order valence-electron chi connectivity index (χ3n) is 6.38. The number of aliphatic hydroxyl groups excluding tert-OH is 3. The molecule has 1 fully saturated rings. The third kappa shape index (κ3) is 12.6. The van der Waals surface area contributed by atoms with Gasteiger partial charge < -0.3 is 24.8 Å². The maximum atomic E-state index is 10.1. The van der Waals surface area contributed by atoms with Gasteiger partial charge in [-0.1, -0.05) is 104 Å². The van der Waals surface area contributed by atoms with Crippen LogP contribution in [0.3, 0.4) is 0 Å². The minimum atomic E-state index is -1.20. The lowest BCUT2D eigenvalue weighted by Gasteiger charge is -2.35. The van der Waals surface area contributed by atoms with E-state index in [1.807, 2.05) is 0 Å². The van der Waals surface area contributed by atoms with E-state index in [1.54, 1.807) is 0 Å². The van der Waals surface area contributed by atoms with Gasteiger partial charge in [0.15, 0.2) is 6.29 Å². The maximum absolute atomic E-state index is 10.1. The Morgan fingerprint density at radius 2 is 1.17 bits per heavy atom. The van der Waals surface area contributed by atoms with E-state index in [-0.39, 0.29) is 6.61 Å². The van der Waals surface area contributed by atoms with Crippen molar-refractivity contribution < 1.29 is 24.8 Å². The standard InChI is InChI=1S/C25H50O5/c1-3-5-7-9-11-12-14-16-18-21(17-15-13-10-8-6-4-2)19-29-25-24(28)23(27)22(26)20-30-25/h21-28H,3-20H2,1-2H3/t21?,22-,23-,24+,25?/m0/s1. The Morgan fingerprint density at radius 1 is 0.700 bits per heavy atom. The largest absolute Gasteiger partial charge is 0.388 e. The van der Waals surface area contributed by atoms with Crippen molar-refractivity contribution in [3.05, 3.63) is 0 Å². The van der Waals surface area contributed by atoms with Crippen LogP contribution in [0, 0.1) is 5.92 Å². The van der Waals surface area contributed by atoms with E-state index >= 15 is 0 Å². The molecule has 180 valence electrons. The van der Waals surface area contributed by atoms with Crippen molar-refractivity contribution in [2.45, 2.75) is 141 Å². The quantitative estimate of drug-likeness (QED) is 0.241. The maximum Gasteiger partial charge on any atom is 0.186 e. The number of rotatable bonds is 19. The minimum Gasteiger partial charge on any atom is -0.388 e. The topological polar surface area (TPSA) is 79.2 Å². The van der Waals surface area contributed by atoms with Gasteiger partial charge in [-0.25, -0.2) is 0 Å². The highest BCUT2D eigenvalue weighted by molar-refractivity contribution is 4.82. The normalized spacial score (nSPS) is 25.5. The van der Waals surface area contributed by atoms with Gasteiger partial charge in [-0.2, -0.15) is 0 Å². The molecule has 5 heteroatoms. The zero-order valence-corrected chi connectivity index (χ0v) is 19.8. The molecule has 0 aliphatic carbocycles. The molecule has 0 amide bonds. The van der Waals surface area contributed by atoms with Crippen LogP contribution in [0.4, 0.5) is 0 Å². The zero-order valence-electron chi connectivity index (χ0n) is 19.8. The molecule has 1 heterocycles. The summed E-state index contributed by atoms with van der Waals surface area (Å²) in [7, 11) is 0. The van der Waals surface area contributed by atoms with Crippen LogP contribution in [0.15, 0.2) is 0 Å². The smallest absolute Gasteiger partial charge is 0.186 e. The summed E-state index contributed by atoms with van der Waals surface area (Å²) < 4.78 is 11.3. The monoisotopic (exact) mass is 430 g/mol. The molecular formula is C25H50O5. The molecule has 1 aliphatic rings. The second-order valence-corrected chi connectivity index (χ2v) is 9.27. The Labute approximate surface area is 185 Å². The molecule has 0 spiro atoms. The Morgan fingerprint density at radius 3 is 1.67 bits per heavy atom. The number of aliphatic hydroxyl groups is 3. The van der Waals surface area contributed by atoms with Crippen LogP contribution in [0.5, 0.6) is 0 Å². The van der Waals surface area contributed by atoms with Crippen molar-refractivity contribution in [3.8, 4) is 0 Å². The van der Waals surface area contributed by atoms with Gasteiger partial charge in [-0.3, -0.25) is 0 Å². The highest BCUT2D eigenvalue weighted by atomic mass is 16.7. The molecule has 0 aromatic heterocycles. The van der Waals surface area contributed by atoms with Gasteiger partial charge in [0, 0.05) is 0 Å². The molecule has 5 atom stereocenters. The van der Waals surface area contributed by atoms with Crippen LogP contribution in [-0.4, -0.2) is 53.1 Å². The molecule has 30 heavy (non-hydrogen) atoms. The van der Waals surface area contributed by atoms with Crippen LogP contribution in [0.1, 0.15) is 117 Å². The van der Waals surface area contributed by atoms with E-state index in [2.05, 4.69) is 13.8 Å². The number of hydrogen-bond donors (Lipinski definition) is 3. The van der Waals surface area contributed by atoms with Crippen molar-refractivity contribution in [1.29, 1.82) is 0 Å². The van der Waals surface area contributed by atoms with E-state index in [9.17, 15) is 15.3 Å². The fraction of sp³-hybridized carbons (Fsp3) is 1.00. The lowest BCUT2D eigenvalue weighted by Crippen LogP contribution is -2.53. The third-order valence-corrected chi connectivity index (χ3v) is 6.38. The van der Waals surface area contributed by atoms with Crippen LogP contribution in [0.25, 0.3) is 0 Å².